The third kappa shape index (κ3) is 4.41. The number of halogens is 1. The Morgan fingerprint density at radius 3 is 2.62 bits per heavy atom. The Kier molecular flexibility index (Phi) is 6.38. The van der Waals surface area contributed by atoms with Crippen molar-refractivity contribution in [3.8, 4) is 0 Å². The fourth-order valence-corrected chi connectivity index (χ4v) is 2.36. The van der Waals surface area contributed by atoms with Crippen molar-refractivity contribution in [3.63, 3.8) is 0 Å². The zero-order chi connectivity index (χ0) is 18.0. The van der Waals surface area contributed by atoms with E-state index < -0.39 is 17.9 Å². The van der Waals surface area contributed by atoms with Crippen LogP contribution in [0.4, 0.5) is 10.5 Å². The molecule has 0 unspecified atom stereocenters. The third-order valence-electron chi connectivity index (χ3n) is 3.28. The molecule has 128 valence electrons. The van der Waals surface area contributed by atoms with E-state index in [2.05, 4.69) is 15.6 Å². The largest absolute Gasteiger partial charge is 1.00 e. The first-order valence-electron chi connectivity index (χ1n) is 6.92. The third-order valence-corrected chi connectivity index (χ3v) is 3.59. The maximum Gasteiger partial charge on any atom is 1.00 e. The molecule has 1 heterocycles. The van der Waals surface area contributed by atoms with E-state index in [4.69, 9.17) is 21.1 Å². The molecule has 0 fully saturated rings. The number of fused-ring (bicyclic) bond motifs is 1. The van der Waals surface area contributed by atoms with Gasteiger partial charge in [-0.2, -0.15) is 0 Å². The van der Waals surface area contributed by atoms with E-state index >= 15 is 0 Å². The second kappa shape index (κ2) is 8.33. The first-order chi connectivity index (χ1) is 11.9. The number of aromatic nitrogens is 1. The summed E-state index contributed by atoms with van der Waals surface area (Å²) in [6.07, 6.45) is 1.25. The number of imide groups is 1. The van der Waals surface area contributed by atoms with Crippen LogP contribution in [0.5, 0.6) is 0 Å². The number of urea groups is 1. The number of hydrogen-bond donors (Lipinski definition) is 3. The average molecular weight is 384 g/mol. The Morgan fingerprint density at radius 1 is 1.15 bits per heavy atom. The van der Waals surface area contributed by atoms with E-state index in [-0.39, 0.29) is 52.8 Å². The van der Waals surface area contributed by atoms with Crippen molar-refractivity contribution < 1.29 is 54.9 Å². The van der Waals surface area contributed by atoms with Crippen LogP contribution in [0.1, 0.15) is 22.1 Å². The zero-order valence-corrected chi connectivity index (χ0v) is 16.2. The molecular weight excluding hydrogens is 373 g/mol. The van der Waals surface area contributed by atoms with Gasteiger partial charge in [-0.05, 0) is 36.4 Å². The summed E-state index contributed by atoms with van der Waals surface area (Å²) in [5, 5.41) is 13.4. The number of carboxylic acids is 1. The van der Waals surface area contributed by atoms with Crippen LogP contribution in [0, 0.1) is 0 Å². The molecule has 8 nitrogen and oxygen atoms in total. The average Bonchev–Trinajstić information content (AvgIpc) is 3.01. The van der Waals surface area contributed by atoms with E-state index in [1.807, 2.05) is 0 Å². The molecule has 3 amide bonds. The summed E-state index contributed by atoms with van der Waals surface area (Å²) in [5.74, 6) is -1.82. The van der Waals surface area contributed by atoms with Crippen LogP contribution < -0.4 is 40.2 Å². The summed E-state index contributed by atoms with van der Waals surface area (Å²) in [6.45, 7) is 0. The van der Waals surface area contributed by atoms with Crippen molar-refractivity contribution in [3.05, 3.63) is 58.9 Å². The van der Waals surface area contributed by atoms with E-state index in [9.17, 15) is 14.4 Å². The van der Waals surface area contributed by atoms with Crippen molar-refractivity contribution in [1.82, 2.24) is 10.3 Å². The monoisotopic (exact) mass is 383 g/mol. The summed E-state index contributed by atoms with van der Waals surface area (Å²) < 4.78 is 5.10. The molecule has 3 rings (SSSR count). The van der Waals surface area contributed by atoms with Gasteiger partial charge in [-0.1, -0.05) is 11.6 Å². The molecule has 2 aromatic carbocycles. The number of nitrogens with zero attached hydrogens (tertiary/aromatic N) is 1. The predicted molar refractivity (Wildman–Crippen MR) is 90.0 cm³/mol. The van der Waals surface area contributed by atoms with Crippen molar-refractivity contribution in [2.45, 2.75) is 0 Å². The molecular formula is C16H11ClN3NaO5. The van der Waals surface area contributed by atoms with E-state index in [0.717, 1.165) is 0 Å². The molecule has 0 atom stereocenters. The summed E-state index contributed by atoms with van der Waals surface area (Å²) in [5.41, 5.74) is 1.38. The number of amides is 3. The number of anilines is 1. The van der Waals surface area contributed by atoms with E-state index in [1.165, 1.54) is 36.7 Å². The Balaban J connectivity index is 0.00000182. The standard InChI is InChI=1S/C16H10ClN3O5.Na.H/c17-11-6-9(2-3-10(11)15(22)23)19-16(24)20-14(21)8-1-4-12-13(5-8)25-7-18-12;;/h1-7H,(H,22,23)(H2,19,20,21,24);;/q;+1;-1. The van der Waals surface area contributed by atoms with Gasteiger partial charge in [-0.15, -0.1) is 0 Å². The van der Waals surface area contributed by atoms with Gasteiger partial charge in [0.2, 0.25) is 0 Å². The van der Waals surface area contributed by atoms with Crippen LogP contribution in [-0.4, -0.2) is 28.0 Å². The topological polar surface area (TPSA) is 122 Å². The van der Waals surface area contributed by atoms with Crippen LogP contribution in [0.25, 0.3) is 11.1 Å². The molecule has 0 saturated carbocycles. The Morgan fingerprint density at radius 2 is 1.92 bits per heavy atom. The molecule has 0 spiro atoms. The SMILES string of the molecule is O=C(NC(=O)c1ccc2ncoc2c1)Nc1ccc(C(=O)O)c(Cl)c1.[H-].[Na+]. The minimum absolute atomic E-state index is 0. The number of aromatic carboxylic acids is 1. The molecule has 0 aliphatic heterocycles. The number of carbonyl (C=O) groups excluding carboxylic acids is 2. The van der Waals surface area contributed by atoms with Gasteiger partial charge in [0.1, 0.15) is 5.52 Å². The molecule has 3 aromatic rings. The summed E-state index contributed by atoms with van der Waals surface area (Å²) in [6, 6.07) is 7.66. The number of hydrogen-bond acceptors (Lipinski definition) is 5. The van der Waals surface area contributed by atoms with Crippen LogP contribution in [0.15, 0.2) is 47.2 Å². The van der Waals surface area contributed by atoms with Crippen LogP contribution >= 0.6 is 11.6 Å². The quantitative estimate of drug-likeness (QED) is 0.558. The Hall–Kier alpha value is -2.39. The smallest absolute Gasteiger partial charge is 1.00 e. The van der Waals surface area contributed by atoms with E-state index in [0.29, 0.717) is 11.1 Å². The summed E-state index contributed by atoms with van der Waals surface area (Å²) >= 11 is 5.82. The maximum absolute atomic E-state index is 12.1. The number of carboxylic acid groups (broad SMARTS) is 1. The van der Waals surface area contributed by atoms with Crippen molar-refractivity contribution >= 4 is 46.3 Å². The van der Waals surface area contributed by atoms with Gasteiger partial charge in [-0.3, -0.25) is 10.1 Å². The first-order valence-corrected chi connectivity index (χ1v) is 7.30. The molecule has 0 aliphatic carbocycles. The van der Waals surface area contributed by atoms with Gasteiger partial charge in [0.25, 0.3) is 5.91 Å². The summed E-state index contributed by atoms with van der Waals surface area (Å²) in [4.78, 5) is 38.8. The maximum atomic E-state index is 12.1. The van der Waals surface area contributed by atoms with Crippen molar-refractivity contribution in [1.29, 1.82) is 0 Å². The van der Waals surface area contributed by atoms with Crippen LogP contribution in [0.3, 0.4) is 0 Å². The molecule has 1 aromatic heterocycles. The zero-order valence-electron chi connectivity index (χ0n) is 14.4. The minimum Gasteiger partial charge on any atom is -1.00 e. The number of rotatable bonds is 3. The Bertz CT molecular complexity index is 1010. The fraction of sp³-hybridized carbons (Fsp3) is 0. The molecule has 0 bridgehead atoms. The second-order valence-electron chi connectivity index (χ2n) is 4.94. The second-order valence-corrected chi connectivity index (χ2v) is 5.35. The van der Waals surface area contributed by atoms with Crippen molar-refractivity contribution in [2.75, 3.05) is 5.32 Å². The van der Waals surface area contributed by atoms with Gasteiger partial charge >= 0.3 is 41.6 Å². The number of carbonyl (C=O) groups is 3. The van der Waals surface area contributed by atoms with E-state index in [1.54, 1.807) is 6.07 Å². The van der Waals surface area contributed by atoms with Crippen molar-refractivity contribution in [2.24, 2.45) is 0 Å². The predicted octanol–water partition coefficient (Wildman–Crippen LogP) is 0.258. The van der Waals surface area contributed by atoms with Gasteiger partial charge in [-0.25, -0.2) is 14.6 Å². The first kappa shape index (κ1) is 19.9. The molecule has 0 radical (unpaired) electrons. The molecule has 10 heteroatoms. The minimum atomic E-state index is -1.18. The van der Waals surface area contributed by atoms with Crippen LogP contribution in [0.2, 0.25) is 5.02 Å². The van der Waals surface area contributed by atoms with Gasteiger partial charge in [0.15, 0.2) is 12.0 Å². The molecule has 0 saturated heterocycles. The van der Waals surface area contributed by atoms with Gasteiger partial charge in [0, 0.05) is 11.3 Å². The van der Waals surface area contributed by atoms with Crippen LogP contribution in [-0.2, 0) is 0 Å². The molecule has 0 aliphatic rings. The van der Waals surface area contributed by atoms with Gasteiger partial charge in [0.05, 0.1) is 10.6 Å². The normalized spacial score (nSPS) is 10.0. The molecule has 26 heavy (non-hydrogen) atoms. The fourth-order valence-electron chi connectivity index (χ4n) is 2.10. The Labute approximate surface area is 175 Å². The number of oxazole rings is 1. The molecule has 3 N–H and O–H groups in total. The number of benzene rings is 2. The number of nitrogens with one attached hydrogen (secondary N) is 2. The van der Waals surface area contributed by atoms with Gasteiger partial charge < -0.3 is 16.3 Å². The summed E-state index contributed by atoms with van der Waals surface area (Å²) in [7, 11) is 0.